The number of rotatable bonds is 7. The van der Waals surface area contributed by atoms with Crippen molar-refractivity contribution < 1.29 is 0 Å². The molecule has 1 aliphatic rings. The minimum Gasteiger partial charge on any atom is -0.358 e. The van der Waals surface area contributed by atoms with Crippen molar-refractivity contribution in [1.29, 1.82) is 0 Å². The first-order valence-electron chi connectivity index (χ1n) is 13.0. The molecule has 0 atom stereocenters. The second-order valence-electron chi connectivity index (χ2n) is 9.72. The van der Waals surface area contributed by atoms with Crippen LogP contribution >= 0.6 is 11.3 Å². The number of fused-ring (bicyclic) bond motifs is 1. The van der Waals surface area contributed by atoms with Gasteiger partial charge in [-0.3, -0.25) is 10.1 Å². The highest BCUT2D eigenvalue weighted by Crippen LogP contribution is 2.32. The molecule has 0 radical (unpaired) electrons. The number of aromatic amines is 2. The van der Waals surface area contributed by atoms with Gasteiger partial charge in [0.25, 0.3) is 0 Å². The van der Waals surface area contributed by atoms with Gasteiger partial charge in [0.05, 0.1) is 28.3 Å². The lowest BCUT2D eigenvalue weighted by molar-refractivity contribution is 0.649. The van der Waals surface area contributed by atoms with E-state index in [2.05, 4.69) is 74.4 Å². The van der Waals surface area contributed by atoms with E-state index >= 15 is 0 Å². The number of aromatic nitrogens is 5. The highest BCUT2D eigenvalue weighted by atomic mass is 32.1. The fraction of sp³-hybridized carbons (Fsp3) is 0.194. The Labute approximate surface area is 225 Å². The number of hydrogen-bond acceptors (Lipinski definition) is 5. The van der Waals surface area contributed by atoms with E-state index in [0.29, 0.717) is 11.7 Å². The summed E-state index contributed by atoms with van der Waals surface area (Å²) in [7, 11) is 0. The average molecular weight is 519 g/mol. The van der Waals surface area contributed by atoms with Crippen LogP contribution in [0.2, 0.25) is 0 Å². The van der Waals surface area contributed by atoms with E-state index in [0.717, 1.165) is 55.4 Å². The van der Waals surface area contributed by atoms with Gasteiger partial charge in [0.2, 0.25) is 0 Å². The Kier molecular flexibility index (Phi) is 6.52. The Morgan fingerprint density at radius 2 is 2.00 bits per heavy atom. The molecule has 6 nitrogen and oxygen atoms in total. The van der Waals surface area contributed by atoms with Gasteiger partial charge in [-0.25, -0.2) is 4.98 Å². The molecule has 0 amide bonds. The Bertz CT molecular complexity index is 1750. The lowest BCUT2D eigenvalue weighted by Gasteiger charge is -2.16. The quantitative estimate of drug-likeness (QED) is 0.230. The van der Waals surface area contributed by atoms with E-state index in [4.69, 9.17) is 4.98 Å². The summed E-state index contributed by atoms with van der Waals surface area (Å²) in [6.07, 6.45) is 12.7. The molecule has 1 saturated carbocycles. The summed E-state index contributed by atoms with van der Waals surface area (Å²) < 4.78 is 0. The van der Waals surface area contributed by atoms with Crippen molar-refractivity contribution in [3.63, 3.8) is 0 Å². The van der Waals surface area contributed by atoms with Gasteiger partial charge in [-0.05, 0) is 60.9 Å². The van der Waals surface area contributed by atoms with Crippen molar-refractivity contribution >= 4 is 45.8 Å². The maximum atomic E-state index is 4.98. The molecule has 4 heterocycles. The third-order valence-electron chi connectivity index (χ3n) is 7.23. The molecule has 7 heteroatoms. The number of H-pyrrole nitrogens is 2. The largest absolute Gasteiger partial charge is 0.358 e. The maximum absolute atomic E-state index is 4.98. The predicted molar refractivity (Wildman–Crippen MR) is 159 cm³/mol. The number of imidazole rings is 1. The standard InChI is InChI=1S/C31H30N6S/c1-4-26-25(15-19(2)22-16-23(18-32-17-22)33-20(3)21-9-5-6-10-21)30(37-36-26)31-34-27-12-7-11-24(29(27)35-31)28-13-8-14-38-28/h4,7-8,11-18,21,33,36H,2-3,5-6,9-10H2,1H3,(H,34,35)/b25-15+,26-4+. The van der Waals surface area contributed by atoms with E-state index in [1.54, 1.807) is 11.3 Å². The molecule has 190 valence electrons. The Balaban J connectivity index is 1.36. The summed E-state index contributed by atoms with van der Waals surface area (Å²) in [5.74, 6) is 1.25. The van der Waals surface area contributed by atoms with Gasteiger partial charge in [-0.15, -0.1) is 11.3 Å². The summed E-state index contributed by atoms with van der Waals surface area (Å²) in [4.78, 5) is 14.1. The molecular formula is C31H30N6S. The number of nitrogens with zero attached hydrogens (tertiary/aromatic N) is 3. The van der Waals surface area contributed by atoms with Gasteiger partial charge in [0.15, 0.2) is 5.82 Å². The number of para-hydroxylation sites is 1. The second-order valence-corrected chi connectivity index (χ2v) is 10.7. The first-order chi connectivity index (χ1) is 18.6. The van der Waals surface area contributed by atoms with E-state index in [9.17, 15) is 0 Å². The van der Waals surface area contributed by atoms with Crippen molar-refractivity contribution in [2.24, 2.45) is 5.92 Å². The van der Waals surface area contributed by atoms with Crippen molar-refractivity contribution in [2.75, 3.05) is 5.32 Å². The van der Waals surface area contributed by atoms with Crippen LogP contribution in [0.15, 0.2) is 73.0 Å². The molecule has 6 rings (SSSR count). The molecule has 0 saturated heterocycles. The van der Waals surface area contributed by atoms with Crippen molar-refractivity contribution in [1.82, 2.24) is 25.1 Å². The topological polar surface area (TPSA) is 82.3 Å². The molecule has 0 unspecified atom stereocenters. The highest BCUT2D eigenvalue weighted by molar-refractivity contribution is 7.13. The van der Waals surface area contributed by atoms with Crippen LogP contribution in [-0.2, 0) is 0 Å². The van der Waals surface area contributed by atoms with E-state index in [-0.39, 0.29) is 0 Å². The molecule has 1 fully saturated rings. The summed E-state index contributed by atoms with van der Waals surface area (Å²) in [6.45, 7) is 10.6. The van der Waals surface area contributed by atoms with Crippen molar-refractivity contribution in [3.05, 3.63) is 89.2 Å². The average Bonchev–Trinajstić information content (AvgIpc) is 3.74. The van der Waals surface area contributed by atoms with Crippen LogP contribution in [0.5, 0.6) is 0 Å². The van der Waals surface area contributed by atoms with Gasteiger partial charge in [0.1, 0.15) is 5.69 Å². The molecule has 5 aromatic rings. The van der Waals surface area contributed by atoms with Crippen molar-refractivity contribution in [2.45, 2.75) is 32.6 Å². The number of nitrogens with one attached hydrogen (secondary N) is 3. The Morgan fingerprint density at radius 3 is 2.79 bits per heavy atom. The summed E-state index contributed by atoms with van der Waals surface area (Å²) in [5.41, 5.74) is 7.56. The summed E-state index contributed by atoms with van der Waals surface area (Å²) in [5, 5.41) is 15.2. The molecule has 1 aliphatic carbocycles. The number of benzene rings is 1. The summed E-state index contributed by atoms with van der Waals surface area (Å²) >= 11 is 1.71. The first-order valence-corrected chi connectivity index (χ1v) is 13.8. The normalized spacial score (nSPS) is 15.0. The lowest BCUT2D eigenvalue weighted by atomic mass is 10.0. The van der Waals surface area contributed by atoms with Crippen molar-refractivity contribution in [3.8, 4) is 22.0 Å². The number of hydrogen-bond donors (Lipinski definition) is 3. The molecular weight excluding hydrogens is 488 g/mol. The van der Waals surface area contributed by atoms with E-state index < -0.39 is 0 Å². The molecule has 38 heavy (non-hydrogen) atoms. The van der Waals surface area contributed by atoms with Gasteiger partial charge in [-0.2, -0.15) is 5.10 Å². The smallest absolute Gasteiger partial charge is 0.159 e. The second kappa shape index (κ2) is 10.3. The Hall–Kier alpha value is -4.23. The molecule has 3 N–H and O–H groups in total. The third-order valence-corrected chi connectivity index (χ3v) is 8.13. The predicted octanol–water partition coefficient (Wildman–Crippen LogP) is 6.49. The minimum atomic E-state index is 0.536. The van der Waals surface area contributed by atoms with Crippen LogP contribution in [0.4, 0.5) is 5.69 Å². The SMILES string of the molecule is C=C(/C=c1/c(-c2nc3c(-c4cccs4)cccc3[nH]2)n[nH]/c1=C/C)c1cncc(NC(=C)C2CCCC2)c1. The molecule has 0 bridgehead atoms. The lowest BCUT2D eigenvalue weighted by Crippen LogP contribution is -2.23. The molecule has 1 aromatic carbocycles. The van der Waals surface area contributed by atoms with Crippen LogP contribution in [0.3, 0.4) is 0 Å². The molecule has 4 aromatic heterocycles. The zero-order valence-electron chi connectivity index (χ0n) is 21.4. The van der Waals surface area contributed by atoms with Crippen LogP contribution in [0.1, 0.15) is 38.2 Å². The zero-order valence-corrected chi connectivity index (χ0v) is 22.2. The Morgan fingerprint density at radius 1 is 1.13 bits per heavy atom. The number of allylic oxidation sites excluding steroid dienone is 2. The monoisotopic (exact) mass is 518 g/mol. The first kappa shape index (κ1) is 24.1. The van der Waals surface area contributed by atoms with E-state index in [1.807, 2.05) is 37.5 Å². The third kappa shape index (κ3) is 4.61. The van der Waals surface area contributed by atoms with Gasteiger partial charge < -0.3 is 10.3 Å². The van der Waals surface area contributed by atoms with E-state index in [1.165, 1.54) is 30.6 Å². The highest BCUT2D eigenvalue weighted by Gasteiger charge is 2.18. The summed E-state index contributed by atoms with van der Waals surface area (Å²) in [6, 6.07) is 12.5. The fourth-order valence-corrected chi connectivity index (χ4v) is 5.94. The van der Waals surface area contributed by atoms with Gasteiger partial charge >= 0.3 is 0 Å². The maximum Gasteiger partial charge on any atom is 0.159 e. The number of anilines is 1. The molecule has 0 spiro atoms. The number of thiophene rings is 1. The van der Waals surface area contributed by atoms with Gasteiger partial charge in [0, 0.05) is 33.1 Å². The van der Waals surface area contributed by atoms with Crippen LogP contribution in [-0.4, -0.2) is 25.1 Å². The van der Waals surface area contributed by atoms with Gasteiger partial charge in [-0.1, -0.05) is 50.3 Å². The van der Waals surface area contributed by atoms with Crippen LogP contribution in [0.25, 0.3) is 50.7 Å². The van der Waals surface area contributed by atoms with Crippen LogP contribution in [0, 0.1) is 5.92 Å². The number of pyridine rings is 1. The molecule has 0 aliphatic heterocycles. The minimum absolute atomic E-state index is 0.536. The van der Waals surface area contributed by atoms with Crippen LogP contribution < -0.4 is 15.9 Å². The zero-order chi connectivity index (χ0) is 26.1. The fourth-order valence-electron chi connectivity index (χ4n) is 5.19.